The molecule has 4 aromatic rings. The molecular formula is C36H42F2N6O7. The minimum Gasteiger partial charge on any atom is -0.501 e. The maximum Gasteiger partial charge on any atom is 0.296 e. The maximum atomic E-state index is 13.0. The lowest BCUT2D eigenvalue weighted by atomic mass is 10.0. The van der Waals surface area contributed by atoms with Crippen molar-refractivity contribution in [3.05, 3.63) is 115 Å². The Morgan fingerprint density at radius 3 is 1.43 bits per heavy atom. The predicted molar refractivity (Wildman–Crippen MR) is 184 cm³/mol. The fourth-order valence-corrected chi connectivity index (χ4v) is 5.26. The Balaban J connectivity index is 0.000000277. The molecule has 2 aromatic carbocycles. The number of hydrogen-bond donors (Lipinski definition) is 4. The van der Waals surface area contributed by atoms with Crippen LogP contribution in [0.25, 0.3) is 0 Å². The SMILES string of the molecule is CC(=O)NC(C)(C)c1nc(C(=O)CCc2ccc(F)cc2)c(O)c(=O)n1C.Cn1c(C(C)(C)N)nc(C(=O)CCc2ccc(F)cc2)c(O)c1=O. The number of aryl methyl sites for hydroxylation is 2. The van der Waals surface area contributed by atoms with Gasteiger partial charge in [0.15, 0.2) is 23.0 Å². The van der Waals surface area contributed by atoms with Gasteiger partial charge in [0.25, 0.3) is 11.1 Å². The highest BCUT2D eigenvalue weighted by Gasteiger charge is 2.30. The first-order valence-corrected chi connectivity index (χ1v) is 15.9. The molecule has 2 heterocycles. The van der Waals surface area contributed by atoms with E-state index in [1.165, 1.54) is 45.3 Å². The number of amides is 1. The third-order valence-electron chi connectivity index (χ3n) is 7.79. The Labute approximate surface area is 292 Å². The van der Waals surface area contributed by atoms with E-state index in [1.807, 2.05) is 0 Å². The van der Waals surface area contributed by atoms with Gasteiger partial charge in [0.2, 0.25) is 17.4 Å². The van der Waals surface area contributed by atoms with Gasteiger partial charge < -0.3 is 21.3 Å². The van der Waals surface area contributed by atoms with Crippen LogP contribution >= 0.6 is 0 Å². The predicted octanol–water partition coefficient (Wildman–Crippen LogP) is 3.45. The van der Waals surface area contributed by atoms with Crippen molar-refractivity contribution >= 4 is 17.5 Å². The zero-order valence-electron chi connectivity index (χ0n) is 29.5. The Morgan fingerprint density at radius 2 is 1.08 bits per heavy atom. The lowest BCUT2D eigenvalue weighted by Crippen LogP contribution is -2.44. The second-order valence-corrected chi connectivity index (χ2v) is 13.1. The number of nitrogens with two attached hydrogens (primary N) is 1. The molecule has 0 aliphatic heterocycles. The van der Waals surface area contributed by atoms with Gasteiger partial charge in [-0.2, -0.15) is 0 Å². The quantitative estimate of drug-likeness (QED) is 0.167. The summed E-state index contributed by atoms with van der Waals surface area (Å²) in [6, 6.07) is 11.5. The number of ketones is 2. The molecule has 15 heteroatoms. The summed E-state index contributed by atoms with van der Waals surface area (Å²) in [5.74, 6) is -3.12. The molecule has 0 radical (unpaired) electrons. The number of hydrogen-bond acceptors (Lipinski definition) is 10. The highest BCUT2D eigenvalue weighted by atomic mass is 19.1. The summed E-state index contributed by atoms with van der Waals surface area (Å²) in [5, 5.41) is 22.7. The number of aromatic hydroxyl groups is 2. The van der Waals surface area contributed by atoms with E-state index in [-0.39, 0.29) is 53.4 Å². The van der Waals surface area contributed by atoms with Crippen molar-refractivity contribution in [3.63, 3.8) is 0 Å². The van der Waals surface area contributed by atoms with E-state index >= 15 is 0 Å². The van der Waals surface area contributed by atoms with E-state index in [4.69, 9.17) is 5.73 Å². The molecule has 2 aromatic heterocycles. The topological polar surface area (TPSA) is 200 Å². The first-order chi connectivity index (χ1) is 23.6. The Hall–Kier alpha value is -5.57. The minimum atomic E-state index is -1.03. The Kier molecular flexibility index (Phi) is 12.5. The lowest BCUT2D eigenvalue weighted by molar-refractivity contribution is -0.120. The molecule has 0 aliphatic carbocycles. The largest absolute Gasteiger partial charge is 0.501 e. The number of nitrogens with one attached hydrogen (secondary N) is 1. The third kappa shape index (κ3) is 10.0. The van der Waals surface area contributed by atoms with Gasteiger partial charge in [-0.25, -0.2) is 18.7 Å². The van der Waals surface area contributed by atoms with E-state index in [1.54, 1.807) is 52.0 Å². The van der Waals surface area contributed by atoms with Crippen molar-refractivity contribution in [2.75, 3.05) is 0 Å². The number of nitrogens with zero attached hydrogens (tertiary/aromatic N) is 4. The molecule has 0 saturated carbocycles. The number of carbonyl (C=O) groups is 3. The second kappa shape index (κ2) is 16.0. The summed E-state index contributed by atoms with van der Waals surface area (Å²) in [4.78, 5) is 69.0. The van der Waals surface area contributed by atoms with Gasteiger partial charge in [-0.15, -0.1) is 0 Å². The van der Waals surface area contributed by atoms with Crippen molar-refractivity contribution in [1.82, 2.24) is 24.4 Å². The fourth-order valence-electron chi connectivity index (χ4n) is 5.26. The van der Waals surface area contributed by atoms with Crippen LogP contribution in [0.15, 0.2) is 58.1 Å². The van der Waals surface area contributed by atoms with E-state index < -0.39 is 45.3 Å². The van der Waals surface area contributed by atoms with Crippen molar-refractivity contribution < 1.29 is 33.4 Å². The van der Waals surface area contributed by atoms with Gasteiger partial charge in [0, 0.05) is 33.9 Å². The first-order valence-electron chi connectivity index (χ1n) is 15.9. The van der Waals surface area contributed by atoms with Crippen molar-refractivity contribution in [1.29, 1.82) is 0 Å². The summed E-state index contributed by atoms with van der Waals surface area (Å²) >= 11 is 0. The normalized spacial score (nSPS) is 11.4. The maximum absolute atomic E-state index is 13.0. The van der Waals surface area contributed by atoms with Gasteiger partial charge >= 0.3 is 0 Å². The second-order valence-electron chi connectivity index (χ2n) is 13.1. The van der Waals surface area contributed by atoms with Gasteiger partial charge in [-0.3, -0.25) is 33.1 Å². The smallest absolute Gasteiger partial charge is 0.296 e. The lowest BCUT2D eigenvalue weighted by Gasteiger charge is -2.27. The van der Waals surface area contributed by atoms with Crippen LogP contribution in [0, 0.1) is 11.6 Å². The Bertz CT molecular complexity index is 2050. The number of halogens is 2. The number of aromatic nitrogens is 4. The summed E-state index contributed by atoms with van der Waals surface area (Å²) in [5.41, 5.74) is 3.39. The van der Waals surface area contributed by atoms with Crippen LogP contribution < -0.4 is 22.2 Å². The fraction of sp³-hybridized carbons (Fsp3) is 0.361. The monoisotopic (exact) mass is 708 g/mol. The third-order valence-corrected chi connectivity index (χ3v) is 7.79. The zero-order chi connectivity index (χ0) is 38.4. The van der Waals surface area contributed by atoms with Crippen LogP contribution in [0.4, 0.5) is 8.78 Å². The van der Waals surface area contributed by atoms with Crippen LogP contribution in [0.1, 0.15) is 91.2 Å². The average molecular weight is 709 g/mol. The first kappa shape index (κ1) is 39.9. The van der Waals surface area contributed by atoms with Crippen LogP contribution in [0.3, 0.4) is 0 Å². The van der Waals surface area contributed by atoms with Gasteiger partial charge in [-0.05, 0) is 75.9 Å². The number of rotatable bonds is 11. The van der Waals surface area contributed by atoms with E-state index in [0.29, 0.717) is 12.8 Å². The highest BCUT2D eigenvalue weighted by Crippen LogP contribution is 2.22. The summed E-state index contributed by atoms with van der Waals surface area (Å²) in [7, 11) is 2.84. The van der Waals surface area contributed by atoms with Crippen LogP contribution in [-0.4, -0.2) is 46.8 Å². The molecule has 0 atom stereocenters. The standard InChI is InChI=1S/C19H22FN3O4.C17H20FN3O3/c1-11(24)22-19(2,3)18-21-15(16(26)17(27)23(18)4)14(25)10-7-12-5-8-13(20)9-6-12;1-17(2,19)16-20-13(14(23)15(24)21(16)3)12(22)9-6-10-4-7-11(18)8-5-10/h5-6,8-9,26H,7,10H2,1-4H3,(H,22,24);4-5,7-8,23H,6,9,19H2,1-3H3. The molecule has 272 valence electrons. The van der Waals surface area contributed by atoms with Crippen molar-refractivity contribution in [2.45, 2.75) is 71.4 Å². The van der Waals surface area contributed by atoms with Gasteiger partial charge in [-0.1, -0.05) is 24.3 Å². The van der Waals surface area contributed by atoms with E-state index in [0.717, 1.165) is 20.3 Å². The van der Waals surface area contributed by atoms with Crippen molar-refractivity contribution in [3.8, 4) is 11.5 Å². The van der Waals surface area contributed by atoms with Crippen LogP contribution in [0.2, 0.25) is 0 Å². The molecule has 13 nitrogen and oxygen atoms in total. The molecule has 0 spiro atoms. The van der Waals surface area contributed by atoms with E-state index in [2.05, 4.69) is 15.3 Å². The number of Topliss-reactive ketones (excluding diaryl/α,β-unsaturated/α-hetero) is 2. The summed E-state index contributed by atoms with van der Waals surface area (Å²) < 4.78 is 28.1. The molecule has 0 fully saturated rings. The molecule has 1 amide bonds. The average Bonchev–Trinajstić information content (AvgIpc) is 3.04. The summed E-state index contributed by atoms with van der Waals surface area (Å²) in [6.45, 7) is 7.91. The van der Waals surface area contributed by atoms with Crippen LogP contribution in [-0.2, 0) is 42.8 Å². The Morgan fingerprint density at radius 1 is 0.725 bits per heavy atom. The van der Waals surface area contributed by atoms with Gasteiger partial charge in [0.1, 0.15) is 23.3 Å². The minimum absolute atomic E-state index is 0.0145. The van der Waals surface area contributed by atoms with Crippen molar-refractivity contribution in [2.24, 2.45) is 19.8 Å². The molecule has 0 bridgehead atoms. The molecule has 5 N–H and O–H groups in total. The molecule has 0 aliphatic rings. The van der Waals surface area contributed by atoms with Gasteiger partial charge in [0.05, 0.1) is 11.1 Å². The zero-order valence-corrected chi connectivity index (χ0v) is 29.5. The molecular weight excluding hydrogens is 666 g/mol. The van der Waals surface area contributed by atoms with E-state index in [9.17, 15) is 43.0 Å². The molecule has 51 heavy (non-hydrogen) atoms. The molecule has 4 rings (SSSR count). The number of benzene rings is 2. The molecule has 0 unspecified atom stereocenters. The highest BCUT2D eigenvalue weighted by molar-refractivity contribution is 5.97. The molecule has 0 saturated heterocycles. The van der Waals surface area contributed by atoms with Crippen LogP contribution in [0.5, 0.6) is 11.5 Å². The summed E-state index contributed by atoms with van der Waals surface area (Å²) in [6.07, 6.45) is 0.666. The number of carbonyl (C=O) groups excluding carboxylic acids is 3.